The minimum Gasteiger partial charge on any atom is -0.493 e. The highest BCUT2D eigenvalue weighted by molar-refractivity contribution is 5.77. The average molecular weight is 471 g/mol. The van der Waals surface area contributed by atoms with Crippen LogP contribution in [0, 0.1) is 0 Å². The molecule has 0 spiro atoms. The smallest absolute Gasteiger partial charge is 0.332 e. The van der Waals surface area contributed by atoms with Crippen LogP contribution in [-0.4, -0.2) is 40.0 Å². The van der Waals surface area contributed by atoms with Gasteiger partial charge in [-0.3, -0.25) is 13.9 Å². The van der Waals surface area contributed by atoms with E-state index in [1.807, 2.05) is 31.2 Å². The minimum atomic E-state index is -0.302. The van der Waals surface area contributed by atoms with Crippen LogP contribution in [0.1, 0.15) is 50.9 Å². The lowest BCUT2D eigenvalue weighted by Gasteiger charge is -2.12. The molecule has 0 aliphatic rings. The summed E-state index contributed by atoms with van der Waals surface area (Å²) in [4.78, 5) is 31.1. The van der Waals surface area contributed by atoms with E-state index < -0.39 is 0 Å². The van der Waals surface area contributed by atoms with Crippen molar-refractivity contribution in [1.29, 1.82) is 0 Å². The molecule has 0 bridgehead atoms. The van der Waals surface area contributed by atoms with Gasteiger partial charge in [0.2, 0.25) is 5.75 Å². The average Bonchev–Trinajstić information content (AvgIpc) is 3.17. The topological polar surface area (TPSA) is 89.5 Å². The maximum atomic E-state index is 13.2. The van der Waals surface area contributed by atoms with Crippen molar-refractivity contribution in [3.8, 4) is 17.2 Å². The summed E-state index contributed by atoms with van der Waals surface area (Å²) in [5, 5.41) is 0. The Labute approximate surface area is 199 Å². The molecule has 0 N–H and O–H groups in total. The predicted molar refractivity (Wildman–Crippen MR) is 134 cm³/mol. The van der Waals surface area contributed by atoms with Gasteiger partial charge in [-0.1, -0.05) is 32.8 Å². The highest BCUT2D eigenvalue weighted by Gasteiger charge is 2.19. The number of hydrogen-bond acceptors (Lipinski definition) is 6. The second-order valence-electron chi connectivity index (χ2n) is 8.09. The van der Waals surface area contributed by atoms with Crippen LogP contribution >= 0.6 is 0 Å². The number of unbranched alkanes of at least 4 members (excludes halogenated alkanes) is 2. The van der Waals surface area contributed by atoms with Crippen LogP contribution < -0.4 is 25.5 Å². The van der Waals surface area contributed by atoms with Crippen LogP contribution in [0.5, 0.6) is 17.2 Å². The number of ether oxygens (including phenoxy) is 3. The molecule has 0 unspecified atom stereocenters. The van der Waals surface area contributed by atoms with Gasteiger partial charge in [0, 0.05) is 20.1 Å². The third-order valence-electron chi connectivity index (χ3n) is 5.86. The number of benzene rings is 1. The van der Waals surface area contributed by atoms with Gasteiger partial charge in [0.1, 0.15) is 5.82 Å². The van der Waals surface area contributed by atoms with Gasteiger partial charge in [0.15, 0.2) is 22.7 Å². The SMILES string of the molecule is CCCCn1c(=O)c2c(nc(/C=C/c3cc(OC)c(OC)c(OC)c3)n2C)n(CCCC)c1=O. The van der Waals surface area contributed by atoms with Gasteiger partial charge in [-0.05, 0) is 36.6 Å². The first-order valence-corrected chi connectivity index (χ1v) is 11.6. The first-order valence-electron chi connectivity index (χ1n) is 11.6. The molecule has 0 radical (unpaired) electrons. The molecule has 0 fully saturated rings. The van der Waals surface area contributed by atoms with E-state index in [2.05, 4.69) is 11.9 Å². The fourth-order valence-electron chi connectivity index (χ4n) is 3.93. The van der Waals surface area contributed by atoms with E-state index in [1.54, 1.807) is 37.5 Å². The van der Waals surface area contributed by atoms with E-state index >= 15 is 0 Å². The number of aryl methyl sites for hydroxylation is 2. The molecule has 3 aromatic rings. The first kappa shape index (κ1) is 25.1. The lowest BCUT2D eigenvalue weighted by Crippen LogP contribution is -2.40. The fourth-order valence-corrected chi connectivity index (χ4v) is 3.93. The zero-order valence-electron chi connectivity index (χ0n) is 20.9. The van der Waals surface area contributed by atoms with Crippen molar-refractivity contribution < 1.29 is 14.2 Å². The molecular weight excluding hydrogens is 436 g/mol. The van der Waals surface area contributed by atoms with Crippen LogP contribution in [0.2, 0.25) is 0 Å². The van der Waals surface area contributed by atoms with E-state index in [-0.39, 0.29) is 11.2 Å². The Morgan fingerprint density at radius 2 is 1.47 bits per heavy atom. The van der Waals surface area contributed by atoms with Crippen molar-refractivity contribution in [2.75, 3.05) is 21.3 Å². The van der Waals surface area contributed by atoms with E-state index in [0.717, 1.165) is 31.2 Å². The Bertz CT molecular complexity index is 1270. The van der Waals surface area contributed by atoms with Crippen LogP contribution in [0.4, 0.5) is 0 Å². The van der Waals surface area contributed by atoms with Crippen molar-refractivity contribution in [2.45, 2.75) is 52.6 Å². The van der Waals surface area contributed by atoms with Gasteiger partial charge < -0.3 is 18.8 Å². The Hall–Kier alpha value is -3.49. The van der Waals surface area contributed by atoms with E-state index in [9.17, 15) is 9.59 Å². The third-order valence-corrected chi connectivity index (χ3v) is 5.86. The standard InChI is InChI=1S/C25H34N4O5/c1-7-9-13-28-23-21(24(30)29(25(28)31)14-10-8-2)27(3)20(26-23)12-11-17-15-18(32-4)22(34-6)19(16-17)33-5/h11-12,15-16H,7-10,13-14H2,1-6H3/b12-11+. The van der Waals surface area contributed by atoms with Crippen LogP contribution in [0.3, 0.4) is 0 Å². The van der Waals surface area contributed by atoms with Crippen LogP contribution in [0.25, 0.3) is 23.3 Å². The van der Waals surface area contributed by atoms with E-state index in [0.29, 0.717) is 47.3 Å². The molecule has 0 saturated carbocycles. The van der Waals surface area contributed by atoms with Crippen molar-refractivity contribution in [3.05, 3.63) is 44.4 Å². The van der Waals surface area contributed by atoms with Crippen molar-refractivity contribution in [2.24, 2.45) is 7.05 Å². The van der Waals surface area contributed by atoms with Crippen LogP contribution in [-0.2, 0) is 20.1 Å². The quantitative estimate of drug-likeness (QED) is 0.425. The summed E-state index contributed by atoms with van der Waals surface area (Å²) in [5.74, 6) is 2.16. The molecule has 1 aromatic carbocycles. The lowest BCUT2D eigenvalue weighted by atomic mass is 10.1. The number of rotatable bonds is 11. The van der Waals surface area contributed by atoms with Gasteiger partial charge in [0.25, 0.3) is 5.56 Å². The van der Waals surface area contributed by atoms with Crippen LogP contribution in [0.15, 0.2) is 21.7 Å². The number of imidazole rings is 1. The normalized spacial score (nSPS) is 11.5. The number of aromatic nitrogens is 4. The van der Waals surface area contributed by atoms with E-state index in [4.69, 9.17) is 14.2 Å². The predicted octanol–water partition coefficient (Wildman–Crippen LogP) is 3.69. The summed E-state index contributed by atoms with van der Waals surface area (Å²) in [6.45, 7) is 5.03. The minimum absolute atomic E-state index is 0.294. The van der Waals surface area contributed by atoms with E-state index in [1.165, 1.54) is 4.57 Å². The molecular formula is C25H34N4O5. The number of methoxy groups -OCH3 is 3. The fraction of sp³-hybridized carbons (Fsp3) is 0.480. The molecule has 0 aliphatic heterocycles. The zero-order chi connectivity index (χ0) is 24.8. The summed E-state index contributed by atoms with van der Waals surface area (Å²) in [7, 11) is 6.48. The van der Waals surface area contributed by atoms with Gasteiger partial charge in [-0.15, -0.1) is 0 Å². The summed E-state index contributed by atoms with van der Waals surface area (Å²) in [5.41, 5.74) is 1.06. The molecule has 2 aromatic heterocycles. The Morgan fingerprint density at radius 1 is 0.882 bits per heavy atom. The highest BCUT2D eigenvalue weighted by Crippen LogP contribution is 2.38. The molecule has 9 nitrogen and oxygen atoms in total. The first-order chi connectivity index (χ1) is 16.4. The largest absolute Gasteiger partial charge is 0.493 e. The summed E-state index contributed by atoms with van der Waals surface area (Å²) in [6.07, 6.45) is 7.09. The molecule has 0 amide bonds. The van der Waals surface area contributed by atoms with Gasteiger partial charge >= 0.3 is 5.69 Å². The molecule has 0 aliphatic carbocycles. The maximum absolute atomic E-state index is 13.2. The highest BCUT2D eigenvalue weighted by atomic mass is 16.5. The maximum Gasteiger partial charge on any atom is 0.332 e. The molecule has 3 rings (SSSR count). The molecule has 34 heavy (non-hydrogen) atoms. The molecule has 2 heterocycles. The second kappa shape index (κ2) is 11.1. The molecule has 0 atom stereocenters. The number of nitrogens with zero attached hydrogens (tertiary/aromatic N) is 4. The molecule has 9 heteroatoms. The Kier molecular flexibility index (Phi) is 8.20. The zero-order valence-corrected chi connectivity index (χ0v) is 20.9. The summed E-state index contributed by atoms with van der Waals surface area (Å²) in [6, 6.07) is 3.66. The molecule has 0 saturated heterocycles. The summed E-state index contributed by atoms with van der Waals surface area (Å²) >= 11 is 0. The van der Waals surface area contributed by atoms with Gasteiger partial charge in [-0.2, -0.15) is 0 Å². The Morgan fingerprint density at radius 3 is 2.00 bits per heavy atom. The van der Waals surface area contributed by atoms with Gasteiger partial charge in [0.05, 0.1) is 21.3 Å². The third kappa shape index (κ3) is 4.73. The summed E-state index contributed by atoms with van der Waals surface area (Å²) < 4.78 is 21.0. The van der Waals surface area contributed by atoms with Gasteiger partial charge in [-0.25, -0.2) is 9.78 Å². The number of hydrogen-bond donors (Lipinski definition) is 0. The van der Waals surface area contributed by atoms with Crippen molar-refractivity contribution >= 4 is 23.3 Å². The van der Waals surface area contributed by atoms with Crippen molar-refractivity contribution in [3.63, 3.8) is 0 Å². The number of fused-ring (bicyclic) bond motifs is 1. The lowest BCUT2D eigenvalue weighted by molar-refractivity contribution is 0.324. The molecule has 184 valence electrons. The second-order valence-corrected chi connectivity index (χ2v) is 8.09. The van der Waals surface area contributed by atoms with Crippen molar-refractivity contribution in [1.82, 2.24) is 18.7 Å². The monoisotopic (exact) mass is 470 g/mol. The Balaban J connectivity index is 2.15.